The van der Waals surface area contributed by atoms with Crippen molar-refractivity contribution in [2.75, 3.05) is 18.4 Å². The van der Waals surface area contributed by atoms with Gasteiger partial charge in [0.25, 0.3) is 11.6 Å². The number of benzene rings is 2. The fourth-order valence-electron chi connectivity index (χ4n) is 3.28. The first-order valence-electron chi connectivity index (χ1n) is 9.31. The Labute approximate surface area is 176 Å². The van der Waals surface area contributed by atoms with E-state index in [2.05, 4.69) is 10.3 Å². The van der Waals surface area contributed by atoms with Crippen LogP contribution < -0.4 is 5.32 Å². The van der Waals surface area contributed by atoms with E-state index in [0.717, 1.165) is 30.6 Å². The summed E-state index contributed by atoms with van der Waals surface area (Å²) in [4.78, 5) is 27.3. The molecule has 0 saturated carbocycles. The average molecular weight is 447 g/mol. The fraction of sp³-hybridized carbons (Fsp3) is 0.263. The highest BCUT2D eigenvalue weighted by atomic mass is 32.2. The van der Waals surface area contributed by atoms with Gasteiger partial charge in [-0.2, -0.15) is 4.31 Å². The smallest absolute Gasteiger partial charge is 0.270 e. The van der Waals surface area contributed by atoms with Gasteiger partial charge < -0.3 is 0 Å². The second-order valence-electron chi connectivity index (χ2n) is 6.87. The van der Waals surface area contributed by atoms with E-state index in [1.54, 1.807) is 0 Å². The van der Waals surface area contributed by atoms with Gasteiger partial charge in [0, 0.05) is 30.8 Å². The molecule has 1 amide bonds. The van der Waals surface area contributed by atoms with Crippen molar-refractivity contribution in [3.05, 3.63) is 58.1 Å². The van der Waals surface area contributed by atoms with Crippen LogP contribution in [-0.4, -0.2) is 41.6 Å². The van der Waals surface area contributed by atoms with Gasteiger partial charge in [-0.3, -0.25) is 20.2 Å². The van der Waals surface area contributed by atoms with Crippen molar-refractivity contribution in [3.63, 3.8) is 0 Å². The second kappa shape index (κ2) is 8.09. The van der Waals surface area contributed by atoms with Gasteiger partial charge in [0.2, 0.25) is 10.0 Å². The predicted molar refractivity (Wildman–Crippen MR) is 113 cm³/mol. The maximum absolute atomic E-state index is 12.7. The molecule has 30 heavy (non-hydrogen) atoms. The van der Waals surface area contributed by atoms with Crippen LogP contribution in [0.4, 0.5) is 10.8 Å². The number of nitro benzene ring substituents is 1. The molecule has 4 rings (SSSR count). The number of piperidine rings is 1. The molecule has 2 aromatic carbocycles. The summed E-state index contributed by atoms with van der Waals surface area (Å²) in [6.07, 6.45) is 2.74. The average Bonchev–Trinajstić information content (AvgIpc) is 3.15. The van der Waals surface area contributed by atoms with Crippen LogP contribution in [-0.2, 0) is 10.0 Å². The first-order chi connectivity index (χ1) is 14.3. The number of nitrogens with one attached hydrogen (secondary N) is 1. The van der Waals surface area contributed by atoms with Crippen LogP contribution >= 0.6 is 11.3 Å². The Morgan fingerprint density at radius 2 is 1.80 bits per heavy atom. The number of anilines is 1. The lowest BCUT2D eigenvalue weighted by molar-refractivity contribution is -0.384. The zero-order valence-corrected chi connectivity index (χ0v) is 17.4. The molecule has 1 aliphatic rings. The third kappa shape index (κ3) is 4.04. The van der Waals surface area contributed by atoms with E-state index in [0.29, 0.717) is 28.4 Å². The lowest BCUT2D eigenvalue weighted by Gasteiger charge is -2.25. The first-order valence-corrected chi connectivity index (χ1v) is 11.6. The Hall–Kier alpha value is -2.89. The minimum Gasteiger partial charge on any atom is -0.298 e. The molecule has 0 spiro atoms. The number of hydrogen-bond acceptors (Lipinski definition) is 7. The summed E-state index contributed by atoms with van der Waals surface area (Å²) in [5, 5.41) is 13.9. The quantitative estimate of drug-likeness (QED) is 0.472. The first kappa shape index (κ1) is 20.4. The molecule has 1 aromatic heterocycles. The molecule has 0 unspecified atom stereocenters. The molecule has 2 heterocycles. The number of sulfonamides is 1. The van der Waals surface area contributed by atoms with E-state index in [1.807, 2.05) is 0 Å². The van der Waals surface area contributed by atoms with Gasteiger partial charge in [-0.25, -0.2) is 13.4 Å². The van der Waals surface area contributed by atoms with Crippen molar-refractivity contribution in [2.24, 2.45) is 0 Å². The highest BCUT2D eigenvalue weighted by molar-refractivity contribution is 7.89. The highest BCUT2D eigenvalue weighted by Gasteiger charge is 2.26. The number of carbonyl (C=O) groups excluding carboxylic acids is 1. The van der Waals surface area contributed by atoms with Crippen molar-refractivity contribution < 1.29 is 18.1 Å². The molecule has 0 atom stereocenters. The maximum Gasteiger partial charge on any atom is 0.270 e. The molecule has 1 saturated heterocycles. The number of fused-ring (bicyclic) bond motifs is 1. The highest BCUT2D eigenvalue weighted by Crippen LogP contribution is 2.29. The van der Waals surface area contributed by atoms with Gasteiger partial charge in [0.05, 0.1) is 20.0 Å². The number of amides is 1. The Bertz CT molecular complexity index is 1220. The fourth-order valence-corrected chi connectivity index (χ4v) is 5.69. The summed E-state index contributed by atoms with van der Waals surface area (Å²) in [5.74, 6) is -0.439. The number of aromatic nitrogens is 1. The predicted octanol–water partition coefficient (Wildman–Crippen LogP) is 3.63. The van der Waals surface area contributed by atoms with Crippen molar-refractivity contribution in [2.45, 2.75) is 24.2 Å². The zero-order valence-electron chi connectivity index (χ0n) is 15.8. The van der Waals surface area contributed by atoms with Gasteiger partial charge in [0.15, 0.2) is 5.13 Å². The Morgan fingerprint density at radius 1 is 1.10 bits per heavy atom. The number of nitrogens with zero attached hydrogens (tertiary/aromatic N) is 3. The van der Waals surface area contributed by atoms with Gasteiger partial charge in [0.1, 0.15) is 0 Å². The van der Waals surface area contributed by atoms with Crippen molar-refractivity contribution >= 4 is 48.3 Å². The van der Waals surface area contributed by atoms with E-state index in [-0.39, 0.29) is 16.1 Å². The van der Waals surface area contributed by atoms with Crippen molar-refractivity contribution in [1.82, 2.24) is 9.29 Å². The standard InChI is InChI=1S/C19H18N4O5S2/c24-18(21-19-20-16-9-6-14(23(25)26)12-17(16)29-19)13-4-7-15(8-5-13)30(27,28)22-10-2-1-3-11-22/h4-9,12H,1-3,10-11H2,(H,20,21,24). The zero-order chi connectivity index (χ0) is 21.3. The van der Waals surface area contributed by atoms with Crippen LogP contribution in [0.1, 0.15) is 29.6 Å². The Morgan fingerprint density at radius 3 is 2.47 bits per heavy atom. The van der Waals surface area contributed by atoms with E-state index in [4.69, 9.17) is 0 Å². The van der Waals surface area contributed by atoms with Gasteiger partial charge >= 0.3 is 0 Å². The molecular weight excluding hydrogens is 428 g/mol. The molecular formula is C19H18N4O5S2. The number of nitro groups is 1. The molecule has 3 aromatic rings. The van der Waals surface area contributed by atoms with Crippen LogP contribution in [0, 0.1) is 10.1 Å². The lowest BCUT2D eigenvalue weighted by atomic mass is 10.2. The molecule has 1 fully saturated rings. The Kier molecular flexibility index (Phi) is 5.50. The largest absolute Gasteiger partial charge is 0.298 e. The SMILES string of the molecule is O=C(Nc1nc2ccc([N+](=O)[O-])cc2s1)c1ccc(S(=O)(=O)N2CCCCC2)cc1. The number of carbonyl (C=O) groups is 1. The monoisotopic (exact) mass is 446 g/mol. The third-order valence-corrected chi connectivity index (χ3v) is 7.72. The molecule has 156 valence electrons. The number of thiazole rings is 1. The van der Waals surface area contributed by atoms with E-state index >= 15 is 0 Å². The van der Waals surface area contributed by atoms with Crippen molar-refractivity contribution in [3.8, 4) is 0 Å². The van der Waals surface area contributed by atoms with Crippen LogP contribution in [0.2, 0.25) is 0 Å². The Balaban J connectivity index is 1.50. The minimum atomic E-state index is -3.56. The van der Waals surface area contributed by atoms with Crippen LogP contribution in [0.15, 0.2) is 47.4 Å². The van der Waals surface area contributed by atoms with E-state index in [1.165, 1.54) is 46.8 Å². The summed E-state index contributed by atoms with van der Waals surface area (Å²) in [5.41, 5.74) is 0.788. The third-order valence-electron chi connectivity index (χ3n) is 4.87. The molecule has 1 aliphatic heterocycles. The minimum absolute atomic E-state index is 0.0467. The number of rotatable bonds is 5. The van der Waals surface area contributed by atoms with Crippen molar-refractivity contribution in [1.29, 1.82) is 0 Å². The lowest BCUT2D eigenvalue weighted by Crippen LogP contribution is -2.35. The molecule has 0 aliphatic carbocycles. The summed E-state index contributed by atoms with van der Waals surface area (Å²) < 4.78 is 27.5. The van der Waals surface area contributed by atoms with Gasteiger partial charge in [-0.05, 0) is 43.2 Å². The van der Waals surface area contributed by atoms with E-state index in [9.17, 15) is 23.3 Å². The van der Waals surface area contributed by atoms with Crippen LogP contribution in [0.25, 0.3) is 10.2 Å². The maximum atomic E-state index is 12.7. The number of non-ortho nitro benzene ring substituents is 1. The topological polar surface area (TPSA) is 123 Å². The second-order valence-corrected chi connectivity index (χ2v) is 9.84. The molecule has 0 bridgehead atoms. The normalized spacial score (nSPS) is 15.2. The summed E-state index contributed by atoms with van der Waals surface area (Å²) in [6, 6.07) is 10.1. The molecule has 9 nitrogen and oxygen atoms in total. The molecule has 1 N–H and O–H groups in total. The summed E-state index contributed by atoms with van der Waals surface area (Å²) in [6.45, 7) is 1.03. The summed E-state index contributed by atoms with van der Waals surface area (Å²) in [7, 11) is -3.56. The van der Waals surface area contributed by atoms with Crippen LogP contribution in [0.5, 0.6) is 0 Å². The van der Waals surface area contributed by atoms with Gasteiger partial charge in [-0.15, -0.1) is 0 Å². The number of hydrogen-bond donors (Lipinski definition) is 1. The molecule has 11 heteroatoms. The van der Waals surface area contributed by atoms with E-state index < -0.39 is 20.9 Å². The van der Waals surface area contributed by atoms with Crippen LogP contribution in [0.3, 0.4) is 0 Å². The summed E-state index contributed by atoms with van der Waals surface area (Å²) >= 11 is 1.13. The molecule has 0 radical (unpaired) electrons. The van der Waals surface area contributed by atoms with Gasteiger partial charge in [-0.1, -0.05) is 17.8 Å².